The molecule has 0 saturated carbocycles. The minimum Gasteiger partial charge on any atom is -0.396 e. The molecule has 0 aromatic rings. The van der Waals surface area contributed by atoms with Crippen molar-refractivity contribution in [1.29, 1.82) is 0 Å². The highest BCUT2D eigenvalue weighted by molar-refractivity contribution is 5.97. The Bertz CT molecular complexity index is 332. The van der Waals surface area contributed by atoms with Crippen LogP contribution in [0.3, 0.4) is 0 Å². The third-order valence-corrected chi connectivity index (χ3v) is 3.63. The van der Waals surface area contributed by atoms with Gasteiger partial charge in [-0.1, -0.05) is 0 Å². The van der Waals surface area contributed by atoms with Crippen LogP contribution in [0, 0.1) is 0 Å². The van der Waals surface area contributed by atoms with E-state index in [9.17, 15) is 9.59 Å². The van der Waals surface area contributed by atoms with Crippen LogP contribution in [0.1, 0.15) is 12.8 Å². The van der Waals surface area contributed by atoms with E-state index in [0.717, 1.165) is 0 Å². The van der Waals surface area contributed by atoms with E-state index in [-0.39, 0.29) is 30.5 Å². The molecule has 0 spiro atoms. The summed E-state index contributed by atoms with van der Waals surface area (Å²) < 4.78 is 0. The van der Waals surface area contributed by atoms with E-state index < -0.39 is 6.04 Å². The van der Waals surface area contributed by atoms with Crippen molar-refractivity contribution in [3.63, 3.8) is 0 Å². The van der Waals surface area contributed by atoms with E-state index in [1.54, 1.807) is 4.90 Å². The molecule has 96 valence electrons. The fourth-order valence-corrected chi connectivity index (χ4v) is 2.53. The molecule has 6 heteroatoms. The van der Waals surface area contributed by atoms with Crippen LogP contribution in [0.25, 0.3) is 0 Å². The van der Waals surface area contributed by atoms with Crippen molar-refractivity contribution < 1.29 is 14.7 Å². The van der Waals surface area contributed by atoms with Crippen LogP contribution in [-0.2, 0) is 9.59 Å². The van der Waals surface area contributed by atoms with Crippen molar-refractivity contribution in [2.75, 3.05) is 27.2 Å². The highest BCUT2D eigenvalue weighted by atomic mass is 16.3. The summed E-state index contributed by atoms with van der Waals surface area (Å²) in [5, 5.41) is 11.6. The van der Waals surface area contributed by atoms with Gasteiger partial charge in [-0.25, -0.2) is 0 Å². The van der Waals surface area contributed by atoms with Gasteiger partial charge in [0.05, 0.1) is 0 Å². The molecule has 0 radical (unpaired) electrons. The van der Waals surface area contributed by atoms with E-state index in [1.807, 2.05) is 19.0 Å². The van der Waals surface area contributed by atoms with E-state index in [1.165, 1.54) is 0 Å². The number of aliphatic hydroxyl groups excluding tert-OH is 1. The topological polar surface area (TPSA) is 72.9 Å². The summed E-state index contributed by atoms with van der Waals surface area (Å²) in [5.74, 6) is -0.152. The lowest BCUT2D eigenvalue weighted by Gasteiger charge is -2.34. The highest BCUT2D eigenvalue weighted by Gasteiger charge is 2.46. The second kappa shape index (κ2) is 4.62. The van der Waals surface area contributed by atoms with Crippen LogP contribution in [0.5, 0.6) is 0 Å². The molecule has 2 saturated heterocycles. The van der Waals surface area contributed by atoms with Crippen molar-refractivity contribution in [2.45, 2.75) is 31.0 Å². The molecule has 6 nitrogen and oxygen atoms in total. The lowest BCUT2D eigenvalue weighted by atomic mass is 10.1. The molecule has 2 aliphatic heterocycles. The minimum atomic E-state index is -0.551. The number of amides is 2. The molecule has 0 unspecified atom stereocenters. The second-order valence-electron chi connectivity index (χ2n) is 4.93. The van der Waals surface area contributed by atoms with Crippen molar-refractivity contribution in [3.8, 4) is 0 Å². The van der Waals surface area contributed by atoms with Crippen LogP contribution >= 0.6 is 0 Å². The minimum absolute atomic E-state index is 0.0620. The Labute approximate surface area is 101 Å². The number of rotatable bonds is 3. The number of piperazine rings is 1. The molecule has 2 rings (SSSR count). The maximum absolute atomic E-state index is 12.1. The summed E-state index contributed by atoms with van der Waals surface area (Å²) in [6, 6.07) is -0.642. The maximum atomic E-state index is 12.1. The Morgan fingerprint density at radius 2 is 2.18 bits per heavy atom. The Morgan fingerprint density at radius 1 is 1.47 bits per heavy atom. The fourth-order valence-electron chi connectivity index (χ4n) is 2.53. The highest BCUT2D eigenvalue weighted by Crippen LogP contribution is 2.25. The van der Waals surface area contributed by atoms with E-state index in [0.29, 0.717) is 19.4 Å². The van der Waals surface area contributed by atoms with Gasteiger partial charge in [0.2, 0.25) is 11.8 Å². The van der Waals surface area contributed by atoms with Crippen molar-refractivity contribution in [2.24, 2.45) is 0 Å². The predicted molar refractivity (Wildman–Crippen MR) is 61.2 cm³/mol. The van der Waals surface area contributed by atoms with Gasteiger partial charge in [-0.15, -0.1) is 0 Å². The van der Waals surface area contributed by atoms with Gasteiger partial charge in [-0.3, -0.25) is 9.59 Å². The lowest BCUT2D eigenvalue weighted by molar-refractivity contribution is -0.147. The van der Waals surface area contributed by atoms with Gasteiger partial charge in [0, 0.05) is 19.2 Å². The largest absolute Gasteiger partial charge is 0.396 e. The number of carbonyl (C=O) groups is 2. The summed E-state index contributed by atoms with van der Waals surface area (Å²) >= 11 is 0. The number of aliphatic hydroxyl groups is 1. The van der Waals surface area contributed by atoms with Gasteiger partial charge in [0.25, 0.3) is 0 Å². The van der Waals surface area contributed by atoms with E-state index in [4.69, 9.17) is 5.11 Å². The van der Waals surface area contributed by atoms with Crippen molar-refractivity contribution >= 4 is 11.8 Å². The molecular formula is C11H19N3O3. The Kier molecular flexibility index (Phi) is 3.35. The van der Waals surface area contributed by atoms with Gasteiger partial charge >= 0.3 is 0 Å². The monoisotopic (exact) mass is 241 g/mol. The first kappa shape index (κ1) is 12.3. The number of carbonyl (C=O) groups excluding carboxylic acids is 2. The van der Waals surface area contributed by atoms with Crippen LogP contribution in [0.15, 0.2) is 0 Å². The average Bonchev–Trinajstić information content (AvgIpc) is 2.71. The molecule has 2 N–H and O–H groups in total. The smallest absolute Gasteiger partial charge is 0.245 e. The predicted octanol–water partition coefficient (Wildman–Crippen LogP) is -1.60. The zero-order valence-corrected chi connectivity index (χ0v) is 10.2. The summed E-state index contributed by atoms with van der Waals surface area (Å²) in [7, 11) is 3.91. The number of nitrogens with one attached hydrogen (secondary N) is 1. The summed E-state index contributed by atoms with van der Waals surface area (Å²) in [6.07, 6.45) is 0.983. The van der Waals surface area contributed by atoms with Gasteiger partial charge in [0.15, 0.2) is 0 Å². The molecule has 2 heterocycles. The molecule has 2 amide bonds. The first-order valence-corrected chi connectivity index (χ1v) is 5.92. The molecule has 0 bridgehead atoms. The third kappa shape index (κ3) is 2.14. The zero-order chi connectivity index (χ0) is 12.6. The van der Waals surface area contributed by atoms with Crippen LogP contribution in [-0.4, -0.2) is 72.1 Å². The maximum Gasteiger partial charge on any atom is 0.245 e. The number of hydrogen-bond acceptors (Lipinski definition) is 4. The van der Waals surface area contributed by atoms with Crippen molar-refractivity contribution in [3.05, 3.63) is 0 Å². The summed E-state index contributed by atoms with van der Waals surface area (Å²) in [6.45, 7) is 0.512. The zero-order valence-electron chi connectivity index (χ0n) is 10.2. The molecule has 2 aliphatic rings. The quantitative estimate of drug-likeness (QED) is 0.624. The van der Waals surface area contributed by atoms with Gasteiger partial charge < -0.3 is 20.2 Å². The van der Waals surface area contributed by atoms with Crippen LogP contribution < -0.4 is 5.32 Å². The van der Waals surface area contributed by atoms with E-state index >= 15 is 0 Å². The molecule has 3 atom stereocenters. The normalized spacial score (nSPS) is 32.9. The van der Waals surface area contributed by atoms with Crippen molar-refractivity contribution in [1.82, 2.24) is 15.1 Å². The molecular weight excluding hydrogens is 222 g/mol. The SMILES string of the molecule is CN(C)[C@@H]1C[C@H]2C(=O)N[C@@H](CCO)C(=O)N2C1. The number of hydrogen-bond donors (Lipinski definition) is 2. The lowest BCUT2D eigenvalue weighted by Crippen LogP contribution is -2.61. The number of likely N-dealkylation sites (N-methyl/N-ethyl adjacent to an activating group) is 1. The first-order chi connectivity index (χ1) is 8.04. The Morgan fingerprint density at radius 3 is 2.76 bits per heavy atom. The Hall–Kier alpha value is -1.14. The molecule has 0 aromatic carbocycles. The number of fused-ring (bicyclic) bond motifs is 1. The molecule has 2 fully saturated rings. The first-order valence-electron chi connectivity index (χ1n) is 5.92. The van der Waals surface area contributed by atoms with Gasteiger partial charge in [-0.2, -0.15) is 0 Å². The average molecular weight is 241 g/mol. The Balaban J connectivity index is 2.12. The van der Waals surface area contributed by atoms with Gasteiger partial charge in [0.1, 0.15) is 12.1 Å². The molecule has 0 aromatic heterocycles. The standard InChI is InChI=1S/C11H19N3O3/c1-13(2)7-5-9-10(16)12-8(3-4-15)11(17)14(9)6-7/h7-9,15H,3-6H2,1-2H3,(H,12,16)/t7-,8+,9+/m1/s1. The molecule has 17 heavy (non-hydrogen) atoms. The third-order valence-electron chi connectivity index (χ3n) is 3.63. The van der Waals surface area contributed by atoms with Gasteiger partial charge in [-0.05, 0) is 26.9 Å². The van der Waals surface area contributed by atoms with Crippen LogP contribution in [0.2, 0.25) is 0 Å². The second-order valence-corrected chi connectivity index (χ2v) is 4.93. The summed E-state index contributed by atoms with van der Waals surface area (Å²) in [5.41, 5.74) is 0. The number of nitrogens with zero attached hydrogens (tertiary/aromatic N) is 2. The fraction of sp³-hybridized carbons (Fsp3) is 0.818. The van der Waals surface area contributed by atoms with Crippen LogP contribution in [0.4, 0.5) is 0 Å². The molecule has 0 aliphatic carbocycles. The summed E-state index contributed by atoms with van der Waals surface area (Å²) in [4.78, 5) is 27.7. The van der Waals surface area contributed by atoms with E-state index in [2.05, 4.69) is 5.32 Å².